The Hall–Kier alpha value is -8.38. The van der Waals surface area contributed by atoms with Crippen molar-refractivity contribution in [2.24, 2.45) is 0 Å². The van der Waals surface area contributed by atoms with E-state index in [-0.39, 0.29) is 5.92 Å². The fraction of sp³-hybridized carbons (Fsp3) is 0.0769. The number of rotatable bonds is 5. The van der Waals surface area contributed by atoms with Gasteiger partial charge in [0.05, 0.1) is 11.4 Å². The maximum absolute atomic E-state index is 6.83. The number of benzene rings is 10. The molecule has 0 aliphatic heterocycles. The average molecular weight is 915 g/mol. The van der Waals surface area contributed by atoms with Gasteiger partial charge in [-0.25, -0.2) is 9.97 Å². The minimum absolute atomic E-state index is 0.00189. The normalized spacial score (nSPS) is 13.9. The van der Waals surface area contributed by atoms with Crippen LogP contribution in [0.15, 0.2) is 203 Å². The van der Waals surface area contributed by atoms with Crippen LogP contribution in [0, 0.1) is 0 Å². The van der Waals surface area contributed by atoms with Crippen LogP contribution < -0.4 is 0 Å². The number of aryl methyl sites for hydroxylation is 1. The lowest BCUT2D eigenvalue weighted by atomic mass is 9.79. The highest BCUT2D eigenvalue weighted by Crippen LogP contribution is 2.50. The lowest BCUT2D eigenvalue weighted by Gasteiger charge is -2.25. The zero-order chi connectivity index (χ0) is 46.0. The van der Waals surface area contributed by atoms with Crippen molar-refractivity contribution in [3.05, 3.63) is 216 Å². The molecule has 0 saturated heterocycles. The molecule has 1 atom stereocenters. The quantitative estimate of drug-likeness (QED) is 0.173. The van der Waals surface area contributed by atoms with E-state index in [4.69, 9.17) is 18.8 Å². The molecule has 0 saturated carbocycles. The summed E-state index contributed by atoms with van der Waals surface area (Å²) < 4.78 is 15.7. The van der Waals surface area contributed by atoms with Crippen molar-refractivity contribution in [1.29, 1.82) is 0 Å². The molecule has 4 aromatic heterocycles. The van der Waals surface area contributed by atoms with E-state index < -0.39 is 0 Å². The number of hydrogen-bond acceptors (Lipinski definition) is 5. The fourth-order valence-electron chi connectivity index (χ4n) is 11.8. The van der Waals surface area contributed by atoms with E-state index in [0.29, 0.717) is 5.82 Å². The van der Waals surface area contributed by atoms with Crippen LogP contribution in [0.2, 0.25) is 0 Å². The van der Waals surface area contributed by atoms with E-state index in [1.165, 1.54) is 69.5 Å². The van der Waals surface area contributed by atoms with Crippen LogP contribution >= 0.6 is 11.3 Å². The number of fused-ring (bicyclic) bond motifs is 15. The molecule has 1 aliphatic carbocycles. The first kappa shape index (κ1) is 39.6. The van der Waals surface area contributed by atoms with Gasteiger partial charge in [0, 0.05) is 69.9 Å². The van der Waals surface area contributed by atoms with E-state index in [1.807, 2.05) is 23.5 Å². The molecule has 4 heterocycles. The molecule has 0 radical (unpaired) electrons. The third-order valence-electron chi connectivity index (χ3n) is 15.1. The molecule has 10 aromatic carbocycles. The van der Waals surface area contributed by atoms with Crippen molar-refractivity contribution in [2.45, 2.75) is 32.1 Å². The molecule has 70 heavy (non-hydrogen) atoms. The summed E-state index contributed by atoms with van der Waals surface area (Å²) in [6, 6.07) is 70.8. The van der Waals surface area contributed by atoms with Crippen molar-refractivity contribution < 1.29 is 8.83 Å². The molecular weight excluding hydrogens is 873 g/mol. The topological polar surface area (TPSA) is 52.1 Å². The molecule has 0 fully saturated rings. The van der Waals surface area contributed by atoms with Gasteiger partial charge in [0.15, 0.2) is 5.82 Å². The third-order valence-corrected chi connectivity index (χ3v) is 16.3. The predicted molar refractivity (Wildman–Crippen MR) is 292 cm³/mol. The Morgan fingerprint density at radius 2 is 1.09 bits per heavy atom. The molecule has 0 bridgehead atoms. The Labute approximate surface area is 407 Å². The second kappa shape index (κ2) is 15.3. The second-order valence-electron chi connectivity index (χ2n) is 18.9. The van der Waals surface area contributed by atoms with Crippen molar-refractivity contribution in [1.82, 2.24) is 9.97 Å². The molecule has 0 spiro atoms. The maximum Gasteiger partial charge on any atom is 0.160 e. The van der Waals surface area contributed by atoms with Crippen LogP contribution in [-0.2, 0) is 12.8 Å². The molecule has 5 heteroatoms. The maximum atomic E-state index is 6.83. The number of para-hydroxylation sites is 2. The number of thiophene rings is 1. The highest BCUT2D eigenvalue weighted by molar-refractivity contribution is 7.25. The van der Waals surface area contributed by atoms with Gasteiger partial charge < -0.3 is 8.83 Å². The predicted octanol–water partition coefficient (Wildman–Crippen LogP) is 18.3. The number of nitrogens with zero attached hydrogens (tertiary/aromatic N) is 2. The van der Waals surface area contributed by atoms with Crippen LogP contribution in [0.3, 0.4) is 0 Å². The molecular formula is C65H42N2O2S. The van der Waals surface area contributed by atoms with Gasteiger partial charge in [0.1, 0.15) is 22.3 Å². The van der Waals surface area contributed by atoms with E-state index >= 15 is 0 Å². The van der Waals surface area contributed by atoms with Gasteiger partial charge in [-0.2, -0.15) is 0 Å². The SMILES string of the molecule is CCc1c(-c2ccc3sc4ccccc4c3c2)nc(-c2ccc3oc4ccccc4c3c2)nc1-c1cc2c(cc1C1CCc3cc4ccccc4cc3-c3ccc4ccccc4c31)oc1ccccc12. The van der Waals surface area contributed by atoms with Gasteiger partial charge in [-0.05, 0) is 135 Å². The van der Waals surface area contributed by atoms with Crippen molar-refractivity contribution in [3.63, 3.8) is 0 Å². The minimum Gasteiger partial charge on any atom is -0.456 e. The van der Waals surface area contributed by atoms with E-state index in [1.54, 1.807) is 0 Å². The van der Waals surface area contributed by atoms with Crippen molar-refractivity contribution >= 4 is 96.9 Å². The molecule has 0 amide bonds. The van der Waals surface area contributed by atoms with E-state index in [9.17, 15) is 0 Å². The van der Waals surface area contributed by atoms with Crippen LogP contribution in [-0.4, -0.2) is 9.97 Å². The third kappa shape index (κ3) is 6.01. The van der Waals surface area contributed by atoms with Crippen LogP contribution in [0.25, 0.3) is 131 Å². The summed E-state index contributed by atoms with van der Waals surface area (Å²) in [6.45, 7) is 2.26. The zero-order valence-electron chi connectivity index (χ0n) is 38.3. The molecule has 330 valence electrons. The van der Waals surface area contributed by atoms with Crippen LogP contribution in [0.4, 0.5) is 0 Å². The number of hydrogen-bond donors (Lipinski definition) is 0. The Balaban J connectivity index is 1.04. The van der Waals surface area contributed by atoms with Crippen molar-refractivity contribution in [2.75, 3.05) is 0 Å². The van der Waals surface area contributed by atoms with Crippen molar-refractivity contribution in [3.8, 4) is 45.0 Å². The smallest absolute Gasteiger partial charge is 0.160 e. The van der Waals surface area contributed by atoms with Gasteiger partial charge in [-0.15, -0.1) is 11.3 Å². The van der Waals surface area contributed by atoms with Crippen LogP contribution in [0.1, 0.15) is 41.5 Å². The summed E-state index contributed by atoms with van der Waals surface area (Å²) in [6.07, 6.45) is 2.55. The molecule has 4 nitrogen and oxygen atoms in total. The lowest BCUT2D eigenvalue weighted by Crippen LogP contribution is -2.09. The van der Waals surface area contributed by atoms with Gasteiger partial charge in [0.25, 0.3) is 0 Å². The highest BCUT2D eigenvalue weighted by Gasteiger charge is 2.31. The molecule has 0 N–H and O–H groups in total. The number of furan rings is 2. The Morgan fingerprint density at radius 1 is 0.457 bits per heavy atom. The second-order valence-corrected chi connectivity index (χ2v) is 20.0. The summed E-state index contributed by atoms with van der Waals surface area (Å²) >= 11 is 1.84. The summed E-state index contributed by atoms with van der Waals surface area (Å²) in [5.74, 6) is 0.677. The molecule has 15 rings (SSSR count). The van der Waals surface area contributed by atoms with E-state index in [0.717, 1.165) is 96.8 Å². The first-order valence-electron chi connectivity index (χ1n) is 24.4. The largest absolute Gasteiger partial charge is 0.456 e. The lowest BCUT2D eigenvalue weighted by molar-refractivity contribution is 0.665. The summed E-state index contributed by atoms with van der Waals surface area (Å²) in [4.78, 5) is 11.5. The molecule has 1 unspecified atom stereocenters. The first-order valence-corrected chi connectivity index (χ1v) is 25.2. The summed E-state index contributed by atoms with van der Waals surface area (Å²) in [7, 11) is 0. The molecule has 14 aromatic rings. The summed E-state index contributed by atoms with van der Waals surface area (Å²) in [5.41, 5.74) is 16.2. The van der Waals surface area contributed by atoms with E-state index in [2.05, 4.69) is 189 Å². The summed E-state index contributed by atoms with van der Waals surface area (Å²) in [5, 5.41) is 11.9. The van der Waals surface area contributed by atoms with Gasteiger partial charge in [-0.1, -0.05) is 134 Å². The highest BCUT2D eigenvalue weighted by atomic mass is 32.1. The van der Waals surface area contributed by atoms with Gasteiger partial charge in [-0.3, -0.25) is 0 Å². The van der Waals surface area contributed by atoms with Crippen LogP contribution in [0.5, 0.6) is 0 Å². The van der Waals surface area contributed by atoms with Gasteiger partial charge >= 0.3 is 0 Å². The first-order chi connectivity index (χ1) is 34.6. The molecule has 1 aliphatic rings. The minimum atomic E-state index is -0.00189. The standard InChI is InChI=1S/C65H42N2O2S/c1-2-43-63(41-26-30-61-54(33-41)47-19-9-12-22-60(47)70-61)66-65(42-25-29-58-52(34-42)45-17-7-10-20-56(45)68-58)67-64(43)55-35-53-46-18-8-11-21-57(46)69-59(53)36-51(55)49-28-24-40-31-38-14-3-4-15-39(38)32-50(40)48-27-23-37-13-5-6-16-44(37)62(48)49/h3-23,25-27,29-36,49H,2,24,28H2,1H3. The Bertz CT molecular complexity index is 4490. The monoisotopic (exact) mass is 914 g/mol. The fourth-order valence-corrected chi connectivity index (χ4v) is 12.9. The Kier molecular flexibility index (Phi) is 8.66. The zero-order valence-corrected chi connectivity index (χ0v) is 39.1. The number of aromatic nitrogens is 2. The average Bonchev–Trinajstić information content (AvgIpc) is 4.07. The van der Waals surface area contributed by atoms with Gasteiger partial charge in [0.2, 0.25) is 0 Å². The Morgan fingerprint density at radius 3 is 1.90 bits per heavy atom.